The van der Waals surface area contributed by atoms with Crippen molar-refractivity contribution in [2.45, 2.75) is 168 Å². The Hall–Kier alpha value is -3.34. The molecular weight excluding hydrogens is 662 g/mol. The molecule has 2 aliphatic heterocycles. The molecule has 1 amide bonds. The molecule has 2 saturated heterocycles. The molecular formula is C34H55NO15. The highest BCUT2D eigenvalue weighted by molar-refractivity contribution is 5.76. The molecule has 0 saturated carbocycles. The minimum absolute atomic E-state index is 0.00102. The van der Waals surface area contributed by atoms with Crippen molar-refractivity contribution in [1.82, 2.24) is 4.90 Å². The predicted molar refractivity (Wildman–Crippen MR) is 173 cm³/mol. The normalized spacial score (nSPS) is 30.0. The monoisotopic (exact) mass is 717 g/mol. The fraction of sp³-hybridized carbons (Fsp3) is 0.824. The molecule has 2 unspecified atom stereocenters. The maximum absolute atomic E-state index is 12.9. The van der Waals surface area contributed by atoms with Gasteiger partial charge in [0.2, 0.25) is 5.91 Å². The highest BCUT2D eigenvalue weighted by Crippen LogP contribution is 2.36. The maximum Gasteiger partial charge on any atom is 0.303 e. The Morgan fingerprint density at radius 1 is 0.580 bits per heavy atom. The topological polar surface area (TPSA) is 189 Å². The summed E-state index contributed by atoms with van der Waals surface area (Å²) >= 11 is 0. The second-order valence-electron chi connectivity index (χ2n) is 12.8. The van der Waals surface area contributed by atoms with E-state index in [4.69, 9.17) is 42.6 Å². The predicted octanol–water partition coefficient (Wildman–Crippen LogP) is 2.74. The minimum atomic E-state index is -1.55. The minimum Gasteiger partial charge on any atom is -0.456 e. The summed E-state index contributed by atoms with van der Waals surface area (Å²) in [5, 5.41) is 0. The Morgan fingerprint density at radius 2 is 1.00 bits per heavy atom. The Balaban J connectivity index is 2.63. The second kappa shape index (κ2) is 20.5. The first kappa shape index (κ1) is 42.8. The van der Waals surface area contributed by atoms with Gasteiger partial charge in [-0.15, -0.1) is 0 Å². The van der Waals surface area contributed by atoms with Crippen LogP contribution < -0.4 is 0 Å². The molecule has 0 N–H and O–H groups in total. The molecule has 2 heterocycles. The van der Waals surface area contributed by atoms with Gasteiger partial charge in [-0.2, -0.15) is 0 Å². The fourth-order valence-electron chi connectivity index (χ4n) is 5.90. The van der Waals surface area contributed by atoms with Gasteiger partial charge in [0.1, 0.15) is 0 Å². The number of carbonyl (C=O) groups excluding carboxylic acids is 6. The second-order valence-corrected chi connectivity index (χ2v) is 12.8. The zero-order valence-electron chi connectivity index (χ0n) is 30.9. The molecule has 2 aliphatic rings. The number of unbranched alkanes of at least 4 members (excludes halogenated alkanes) is 4. The smallest absolute Gasteiger partial charge is 0.303 e. The number of hydrogen-bond acceptors (Lipinski definition) is 15. The van der Waals surface area contributed by atoms with E-state index in [0.717, 1.165) is 59.8 Å². The summed E-state index contributed by atoms with van der Waals surface area (Å²) in [4.78, 5) is 75.6. The SMILES string of the molecule is CCCCCCCC(CC(=O)N(C)C)O[C@@H]1O[C@@H](C)[C@H](OC(C)=O)[C@@H](OC(C)=O)[C@H]1O[C@@H]1O[C@H](C)C(OC(C)=O)[C@@H](OC(C)=O)[C@H]1OC(C)=O. The van der Waals surface area contributed by atoms with Crippen LogP contribution in [-0.4, -0.2) is 122 Å². The van der Waals surface area contributed by atoms with Crippen molar-refractivity contribution >= 4 is 35.8 Å². The van der Waals surface area contributed by atoms with Crippen molar-refractivity contribution in [2.75, 3.05) is 14.1 Å². The lowest BCUT2D eigenvalue weighted by atomic mass is 9.96. The lowest BCUT2D eigenvalue weighted by Crippen LogP contribution is -2.66. The lowest BCUT2D eigenvalue weighted by Gasteiger charge is -2.48. The molecule has 50 heavy (non-hydrogen) atoms. The lowest BCUT2D eigenvalue weighted by molar-refractivity contribution is -0.367. The summed E-state index contributed by atoms with van der Waals surface area (Å²) in [5.41, 5.74) is 0. The van der Waals surface area contributed by atoms with Crippen LogP contribution in [0.1, 0.15) is 100 Å². The van der Waals surface area contributed by atoms with Gasteiger partial charge < -0.3 is 47.5 Å². The highest BCUT2D eigenvalue weighted by Gasteiger charge is 2.56. The molecule has 16 heteroatoms. The summed E-state index contributed by atoms with van der Waals surface area (Å²) in [6.07, 6.45) is -8.20. The van der Waals surface area contributed by atoms with Gasteiger partial charge in [-0.25, -0.2) is 0 Å². The number of nitrogens with zero attached hydrogens (tertiary/aromatic N) is 1. The average molecular weight is 718 g/mol. The van der Waals surface area contributed by atoms with Gasteiger partial charge in [0.25, 0.3) is 0 Å². The first-order valence-electron chi connectivity index (χ1n) is 17.1. The van der Waals surface area contributed by atoms with Gasteiger partial charge in [0, 0.05) is 48.7 Å². The standard InChI is InChI=1S/C34H55NO15/c1-11-12-13-14-15-16-25(17-26(41)35(9)10)49-33-32(30(47-23(7)39)28(18(2)42-33)45-21(5)37)50-34-31(48-24(8)40)29(46-22(6)38)27(19(3)43-34)44-20(4)36/h18-19,25,27-34H,11-17H2,1-10H3/t18-,19+,25?,27?,28-,29+,30+,31+,32+,33-,34-/m0/s1. The van der Waals surface area contributed by atoms with Gasteiger partial charge >= 0.3 is 29.8 Å². The Kier molecular flexibility index (Phi) is 17.6. The summed E-state index contributed by atoms with van der Waals surface area (Å²) in [5.74, 6) is -3.92. The fourth-order valence-corrected chi connectivity index (χ4v) is 5.90. The van der Waals surface area contributed by atoms with Gasteiger partial charge in [-0.05, 0) is 20.3 Å². The third kappa shape index (κ3) is 13.4. The van der Waals surface area contributed by atoms with Crippen molar-refractivity contribution in [2.24, 2.45) is 0 Å². The molecule has 286 valence electrons. The molecule has 0 radical (unpaired) electrons. The van der Waals surface area contributed by atoms with Crippen molar-refractivity contribution in [3.05, 3.63) is 0 Å². The van der Waals surface area contributed by atoms with E-state index in [1.165, 1.54) is 18.7 Å². The molecule has 0 aliphatic carbocycles. The summed E-state index contributed by atoms with van der Waals surface area (Å²) in [6.45, 7) is 11.0. The molecule has 0 bridgehead atoms. The Bertz CT molecular complexity index is 1160. The van der Waals surface area contributed by atoms with Crippen LogP contribution >= 0.6 is 0 Å². The zero-order chi connectivity index (χ0) is 37.7. The van der Waals surface area contributed by atoms with Gasteiger partial charge in [-0.1, -0.05) is 39.0 Å². The van der Waals surface area contributed by atoms with Crippen LogP contribution in [0.2, 0.25) is 0 Å². The molecule has 2 rings (SSSR count). The van der Waals surface area contributed by atoms with Crippen molar-refractivity contribution in [3.8, 4) is 0 Å². The number of hydrogen-bond donors (Lipinski definition) is 0. The van der Waals surface area contributed by atoms with E-state index in [0.29, 0.717) is 6.42 Å². The van der Waals surface area contributed by atoms with Crippen LogP contribution in [0.15, 0.2) is 0 Å². The van der Waals surface area contributed by atoms with E-state index in [1.54, 1.807) is 21.0 Å². The largest absolute Gasteiger partial charge is 0.456 e. The number of ether oxygens (including phenoxy) is 9. The third-order valence-corrected chi connectivity index (χ3v) is 8.11. The maximum atomic E-state index is 12.9. The van der Waals surface area contributed by atoms with Crippen LogP contribution in [0.3, 0.4) is 0 Å². The van der Waals surface area contributed by atoms with Crippen LogP contribution in [0.25, 0.3) is 0 Å². The van der Waals surface area contributed by atoms with Gasteiger partial charge in [-0.3, -0.25) is 28.8 Å². The molecule has 2 fully saturated rings. The van der Waals surface area contributed by atoms with Crippen molar-refractivity contribution in [1.29, 1.82) is 0 Å². The Morgan fingerprint density at radius 3 is 1.46 bits per heavy atom. The van der Waals surface area contributed by atoms with Crippen molar-refractivity contribution in [3.63, 3.8) is 0 Å². The first-order chi connectivity index (χ1) is 23.4. The quantitative estimate of drug-likeness (QED) is 0.121. The van der Waals surface area contributed by atoms with E-state index in [9.17, 15) is 28.8 Å². The molecule has 0 aromatic carbocycles. The average Bonchev–Trinajstić information content (AvgIpc) is 2.99. The molecule has 11 atom stereocenters. The van der Waals surface area contributed by atoms with Gasteiger partial charge in [0.15, 0.2) is 49.2 Å². The molecule has 16 nitrogen and oxygen atoms in total. The Labute approximate surface area is 294 Å². The van der Waals surface area contributed by atoms with E-state index in [2.05, 4.69) is 6.92 Å². The van der Waals surface area contributed by atoms with Crippen LogP contribution in [0.4, 0.5) is 0 Å². The highest BCUT2D eigenvalue weighted by atomic mass is 16.8. The van der Waals surface area contributed by atoms with Crippen molar-refractivity contribution < 1.29 is 71.4 Å². The van der Waals surface area contributed by atoms with E-state index >= 15 is 0 Å². The van der Waals surface area contributed by atoms with E-state index in [-0.39, 0.29) is 12.3 Å². The summed E-state index contributed by atoms with van der Waals surface area (Å²) < 4.78 is 52.9. The van der Waals surface area contributed by atoms with E-state index < -0.39 is 97.4 Å². The molecule has 0 aromatic heterocycles. The zero-order valence-corrected chi connectivity index (χ0v) is 30.9. The number of carbonyl (C=O) groups is 6. The van der Waals surface area contributed by atoms with Crippen LogP contribution in [-0.2, 0) is 71.4 Å². The molecule has 0 aromatic rings. The summed E-state index contributed by atoms with van der Waals surface area (Å²) in [6, 6.07) is 0. The third-order valence-electron chi connectivity index (χ3n) is 8.11. The van der Waals surface area contributed by atoms with Crippen LogP contribution in [0.5, 0.6) is 0 Å². The number of amides is 1. The number of rotatable bonds is 17. The van der Waals surface area contributed by atoms with Crippen LogP contribution in [0, 0.1) is 0 Å². The first-order valence-corrected chi connectivity index (χ1v) is 17.1. The van der Waals surface area contributed by atoms with Gasteiger partial charge in [0.05, 0.1) is 24.7 Å². The molecule has 0 spiro atoms. The van der Waals surface area contributed by atoms with E-state index in [1.807, 2.05) is 0 Å². The number of esters is 5. The summed E-state index contributed by atoms with van der Waals surface area (Å²) in [7, 11) is 3.26.